The molecular formula is C27H26FN3O5. The Morgan fingerprint density at radius 1 is 1.17 bits per heavy atom. The third-order valence-electron chi connectivity index (χ3n) is 5.44. The van der Waals surface area contributed by atoms with Crippen LogP contribution in [0.15, 0.2) is 65.6 Å². The van der Waals surface area contributed by atoms with Crippen LogP contribution in [0.3, 0.4) is 0 Å². The normalized spacial score (nSPS) is 11.4. The molecule has 9 heteroatoms. The lowest BCUT2D eigenvalue weighted by atomic mass is 10.0. The summed E-state index contributed by atoms with van der Waals surface area (Å²) in [6.07, 6.45) is 1.81. The van der Waals surface area contributed by atoms with Crippen LogP contribution in [-0.2, 0) is 16.1 Å². The molecule has 0 radical (unpaired) electrons. The Hall–Kier alpha value is -4.29. The zero-order chi connectivity index (χ0) is 26.1. The second-order valence-corrected chi connectivity index (χ2v) is 8.06. The highest BCUT2D eigenvalue weighted by molar-refractivity contribution is 6.10. The van der Waals surface area contributed by atoms with Crippen LogP contribution in [0.1, 0.15) is 46.4 Å². The summed E-state index contributed by atoms with van der Waals surface area (Å²) in [4.78, 5) is 38.2. The highest BCUT2D eigenvalue weighted by Crippen LogP contribution is 2.23. The molecule has 3 rings (SSSR count). The maximum atomic E-state index is 14.1. The number of nitrogens with zero attached hydrogens (tertiary/aromatic N) is 2. The van der Waals surface area contributed by atoms with Crippen molar-refractivity contribution in [3.63, 3.8) is 0 Å². The average Bonchev–Trinajstić information content (AvgIpc) is 2.89. The molecule has 3 aromatic rings. The fourth-order valence-corrected chi connectivity index (χ4v) is 3.60. The van der Waals surface area contributed by atoms with Crippen LogP contribution in [-0.4, -0.2) is 36.6 Å². The van der Waals surface area contributed by atoms with E-state index < -0.39 is 29.7 Å². The molecule has 1 N–H and O–H groups in total. The van der Waals surface area contributed by atoms with Gasteiger partial charge in [-0.1, -0.05) is 30.3 Å². The first-order chi connectivity index (χ1) is 17.3. The van der Waals surface area contributed by atoms with Crippen molar-refractivity contribution in [2.75, 3.05) is 20.3 Å². The SMILES string of the molecule is COCCCn1cc(C(=O)c2cc(F)ccc2OCC(=O)N[C@@H](C)c2ccccc2)cc(C#N)c1=O. The largest absolute Gasteiger partial charge is 0.483 e. The first kappa shape index (κ1) is 26.3. The third kappa shape index (κ3) is 6.64. The summed E-state index contributed by atoms with van der Waals surface area (Å²) in [5.74, 6) is -1.76. The Morgan fingerprint density at radius 2 is 1.92 bits per heavy atom. The van der Waals surface area contributed by atoms with Crippen LogP contribution in [0.4, 0.5) is 4.39 Å². The maximum absolute atomic E-state index is 14.1. The molecule has 0 fully saturated rings. The van der Waals surface area contributed by atoms with E-state index in [9.17, 15) is 24.0 Å². The van der Waals surface area contributed by atoms with Gasteiger partial charge in [0, 0.05) is 32.0 Å². The number of carbonyl (C=O) groups excluding carboxylic acids is 2. The Kier molecular flexibility index (Phi) is 9.08. The monoisotopic (exact) mass is 491 g/mol. The Labute approximate surface area is 207 Å². The van der Waals surface area contributed by atoms with Crippen molar-refractivity contribution in [1.29, 1.82) is 5.26 Å². The lowest BCUT2D eigenvalue weighted by Gasteiger charge is -2.16. The summed E-state index contributed by atoms with van der Waals surface area (Å²) < 4.78 is 25.9. The molecule has 2 aromatic carbocycles. The van der Waals surface area contributed by atoms with Crippen LogP contribution in [0, 0.1) is 17.1 Å². The van der Waals surface area contributed by atoms with Crippen molar-refractivity contribution in [1.82, 2.24) is 9.88 Å². The molecule has 1 heterocycles. The summed E-state index contributed by atoms with van der Waals surface area (Å²) in [5.41, 5.74) is 0.0416. The van der Waals surface area contributed by atoms with Crippen molar-refractivity contribution in [2.24, 2.45) is 0 Å². The standard InChI is InChI=1S/C27H26FN3O5/c1-18(19-7-4-3-5-8-19)30-25(32)17-36-24-10-9-22(28)14-23(24)26(33)21-13-20(15-29)27(34)31(16-21)11-6-12-35-2/h3-5,7-10,13-14,16,18H,6,11-12,17H2,1-2H3,(H,30,32)/t18-/m0/s1. The van der Waals surface area contributed by atoms with Gasteiger partial charge in [-0.05, 0) is 43.2 Å². The quantitative estimate of drug-likeness (QED) is 0.325. The van der Waals surface area contributed by atoms with Crippen molar-refractivity contribution in [3.8, 4) is 11.8 Å². The number of hydrogen-bond acceptors (Lipinski definition) is 6. The number of aromatic nitrogens is 1. The highest BCUT2D eigenvalue weighted by Gasteiger charge is 2.20. The lowest BCUT2D eigenvalue weighted by Crippen LogP contribution is -2.31. The number of methoxy groups -OCH3 is 1. The zero-order valence-electron chi connectivity index (χ0n) is 20.0. The molecule has 0 aliphatic carbocycles. The van der Waals surface area contributed by atoms with E-state index in [1.165, 1.54) is 30.0 Å². The van der Waals surface area contributed by atoms with E-state index >= 15 is 0 Å². The molecule has 0 bridgehead atoms. The van der Waals surface area contributed by atoms with Gasteiger partial charge in [0.15, 0.2) is 12.4 Å². The fraction of sp³-hybridized carbons (Fsp3) is 0.259. The van der Waals surface area contributed by atoms with Gasteiger partial charge in [-0.15, -0.1) is 0 Å². The van der Waals surface area contributed by atoms with E-state index in [4.69, 9.17) is 9.47 Å². The van der Waals surface area contributed by atoms with Crippen LogP contribution >= 0.6 is 0 Å². The minimum Gasteiger partial charge on any atom is -0.483 e. The number of halogens is 1. The van der Waals surface area contributed by atoms with Crippen molar-refractivity contribution < 1.29 is 23.5 Å². The van der Waals surface area contributed by atoms with Gasteiger partial charge in [-0.25, -0.2) is 4.39 Å². The minimum atomic E-state index is -0.679. The number of nitrogens with one attached hydrogen (secondary N) is 1. The molecule has 186 valence electrons. The maximum Gasteiger partial charge on any atom is 0.268 e. The number of ether oxygens (including phenoxy) is 2. The van der Waals surface area contributed by atoms with Gasteiger partial charge >= 0.3 is 0 Å². The Bertz CT molecular complexity index is 1330. The third-order valence-corrected chi connectivity index (χ3v) is 5.44. The second-order valence-electron chi connectivity index (χ2n) is 8.06. The topological polar surface area (TPSA) is 110 Å². The number of amides is 1. The van der Waals surface area contributed by atoms with E-state index in [2.05, 4.69) is 5.32 Å². The summed E-state index contributed by atoms with van der Waals surface area (Å²) >= 11 is 0. The van der Waals surface area contributed by atoms with Crippen LogP contribution in [0.5, 0.6) is 5.75 Å². The van der Waals surface area contributed by atoms with E-state index in [0.717, 1.165) is 17.7 Å². The summed E-state index contributed by atoms with van der Waals surface area (Å²) in [6.45, 7) is 2.05. The van der Waals surface area contributed by atoms with Crippen molar-refractivity contribution in [3.05, 3.63) is 99.2 Å². The number of benzene rings is 2. The minimum absolute atomic E-state index is 0.000412. The zero-order valence-corrected chi connectivity index (χ0v) is 20.0. The number of ketones is 1. The molecule has 8 nitrogen and oxygen atoms in total. The van der Waals surface area contributed by atoms with Gasteiger partial charge in [-0.2, -0.15) is 5.26 Å². The Balaban J connectivity index is 1.81. The smallest absolute Gasteiger partial charge is 0.268 e. The molecule has 1 atom stereocenters. The lowest BCUT2D eigenvalue weighted by molar-refractivity contribution is -0.123. The number of pyridine rings is 1. The summed E-state index contributed by atoms with van der Waals surface area (Å²) in [7, 11) is 1.53. The second kappa shape index (κ2) is 12.4. The molecule has 1 aromatic heterocycles. The summed E-state index contributed by atoms with van der Waals surface area (Å²) in [6, 6.07) is 15.4. The van der Waals surface area contributed by atoms with Crippen LogP contribution in [0.2, 0.25) is 0 Å². The fourth-order valence-electron chi connectivity index (χ4n) is 3.60. The van der Waals surface area contributed by atoms with Gasteiger partial charge in [0.1, 0.15) is 23.2 Å². The van der Waals surface area contributed by atoms with E-state index in [0.29, 0.717) is 13.0 Å². The van der Waals surface area contributed by atoms with Gasteiger partial charge in [0.2, 0.25) is 0 Å². The molecule has 0 saturated heterocycles. The molecular weight excluding hydrogens is 465 g/mol. The molecule has 0 aliphatic heterocycles. The molecule has 0 saturated carbocycles. The molecule has 0 aliphatic rings. The number of hydrogen-bond donors (Lipinski definition) is 1. The van der Waals surface area contributed by atoms with Gasteiger partial charge in [-0.3, -0.25) is 14.4 Å². The first-order valence-corrected chi connectivity index (χ1v) is 11.3. The van der Waals surface area contributed by atoms with Gasteiger partial charge in [0.05, 0.1) is 11.6 Å². The summed E-state index contributed by atoms with van der Waals surface area (Å²) in [5, 5.41) is 12.2. The van der Waals surface area contributed by atoms with E-state index in [-0.39, 0.29) is 35.0 Å². The predicted molar refractivity (Wildman–Crippen MR) is 130 cm³/mol. The Morgan fingerprint density at radius 3 is 2.61 bits per heavy atom. The van der Waals surface area contributed by atoms with Crippen molar-refractivity contribution in [2.45, 2.75) is 25.9 Å². The highest BCUT2D eigenvalue weighted by atomic mass is 19.1. The molecule has 0 spiro atoms. The molecule has 0 unspecified atom stereocenters. The van der Waals surface area contributed by atoms with E-state index in [1.807, 2.05) is 37.3 Å². The number of rotatable bonds is 11. The van der Waals surface area contributed by atoms with Gasteiger partial charge in [0.25, 0.3) is 11.5 Å². The van der Waals surface area contributed by atoms with Crippen LogP contribution in [0.25, 0.3) is 0 Å². The predicted octanol–water partition coefficient (Wildman–Crippen LogP) is 3.38. The van der Waals surface area contributed by atoms with Crippen LogP contribution < -0.4 is 15.6 Å². The first-order valence-electron chi connectivity index (χ1n) is 11.3. The van der Waals surface area contributed by atoms with Gasteiger partial charge < -0.3 is 19.4 Å². The number of carbonyl (C=O) groups is 2. The van der Waals surface area contributed by atoms with E-state index in [1.54, 1.807) is 6.07 Å². The number of aryl methyl sites for hydroxylation is 1. The number of nitriles is 1. The molecule has 36 heavy (non-hydrogen) atoms. The average molecular weight is 492 g/mol. The molecule has 1 amide bonds. The van der Waals surface area contributed by atoms with Crippen molar-refractivity contribution >= 4 is 11.7 Å².